The fourth-order valence-electron chi connectivity index (χ4n) is 3.24. The number of sulfonamides is 1. The lowest BCUT2D eigenvalue weighted by Crippen LogP contribution is -2.51. The highest BCUT2D eigenvalue weighted by atomic mass is 32.2. The second-order valence-corrected chi connectivity index (χ2v) is 8.27. The molecule has 0 spiro atoms. The number of carbonyl (C=O) groups excluding carboxylic acids is 1. The van der Waals surface area contributed by atoms with E-state index in [0.29, 0.717) is 38.2 Å². The summed E-state index contributed by atoms with van der Waals surface area (Å²) < 4.78 is 27.7. The largest absolute Gasteiger partial charge is 0.350 e. The van der Waals surface area contributed by atoms with Crippen molar-refractivity contribution in [1.29, 1.82) is 0 Å². The van der Waals surface area contributed by atoms with Crippen LogP contribution in [-0.4, -0.2) is 60.0 Å². The standard InChI is InChI=1S/C17H23N3O3S/c1-3-12-24(22,23)20-10-8-19(9-11-20)17(21)15-13-18(2)16-7-5-4-6-14(15)16/h4-7,13H,3,8-12H2,1-2H3. The van der Waals surface area contributed by atoms with Gasteiger partial charge < -0.3 is 9.47 Å². The molecule has 6 nitrogen and oxygen atoms in total. The molecule has 3 rings (SSSR count). The molecule has 2 aromatic rings. The van der Waals surface area contributed by atoms with Gasteiger partial charge in [-0.15, -0.1) is 0 Å². The summed E-state index contributed by atoms with van der Waals surface area (Å²) in [5, 5.41) is 0.936. The normalized spacial score (nSPS) is 16.7. The van der Waals surface area contributed by atoms with Crippen LogP contribution in [0.3, 0.4) is 0 Å². The quantitative estimate of drug-likeness (QED) is 0.844. The number of para-hydroxylation sites is 1. The molecule has 1 aromatic carbocycles. The maximum atomic E-state index is 12.9. The van der Waals surface area contributed by atoms with E-state index in [0.717, 1.165) is 10.9 Å². The summed E-state index contributed by atoms with van der Waals surface area (Å²) in [7, 11) is -1.26. The highest BCUT2D eigenvalue weighted by molar-refractivity contribution is 7.89. The first-order chi connectivity index (χ1) is 11.4. The lowest BCUT2D eigenvalue weighted by Gasteiger charge is -2.34. The number of nitrogens with zero attached hydrogens (tertiary/aromatic N) is 3. The molecule has 130 valence electrons. The summed E-state index contributed by atoms with van der Waals surface area (Å²) >= 11 is 0. The van der Waals surface area contributed by atoms with E-state index in [1.165, 1.54) is 4.31 Å². The van der Waals surface area contributed by atoms with Gasteiger partial charge in [-0.2, -0.15) is 4.31 Å². The third kappa shape index (κ3) is 3.06. The molecule has 1 aliphatic rings. The first kappa shape index (κ1) is 17.0. The van der Waals surface area contributed by atoms with E-state index in [1.54, 1.807) is 4.90 Å². The monoisotopic (exact) mass is 349 g/mol. The molecule has 1 aliphatic heterocycles. The lowest BCUT2D eigenvalue weighted by atomic mass is 10.1. The van der Waals surface area contributed by atoms with Gasteiger partial charge in [0.25, 0.3) is 5.91 Å². The highest BCUT2D eigenvalue weighted by Gasteiger charge is 2.29. The molecule has 0 unspecified atom stereocenters. The second kappa shape index (κ2) is 6.57. The van der Waals surface area contributed by atoms with Crippen molar-refractivity contribution in [3.8, 4) is 0 Å². The number of aryl methyl sites for hydroxylation is 1. The van der Waals surface area contributed by atoms with Gasteiger partial charge in [0, 0.05) is 50.3 Å². The minimum absolute atomic E-state index is 0.0284. The highest BCUT2D eigenvalue weighted by Crippen LogP contribution is 2.22. The van der Waals surface area contributed by atoms with Crippen molar-refractivity contribution >= 4 is 26.8 Å². The Bertz CT molecular complexity index is 849. The van der Waals surface area contributed by atoms with Crippen LogP contribution in [0, 0.1) is 0 Å². The van der Waals surface area contributed by atoms with Crippen molar-refractivity contribution in [3.05, 3.63) is 36.0 Å². The van der Waals surface area contributed by atoms with Gasteiger partial charge in [-0.1, -0.05) is 25.1 Å². The van der Waals surface area contributed by atoms with Crippen molar-refractivity contribution in [2.24, 2.45) is 7.05 Å². The van der Waals surface area contributed by atoms with Crippen LogP contribution in [0.25, 0.3) is 10.9 Å². The van der Waals surface area contributed by atoms with Crippen LogP contribution in [0.5, 0.6) is 0 Å². The molecule has 1 saturated heterocycles. The molecule has 0 radical (unpaired) electrons. The van der Waals surface area contributed by atoms with Gasteiger partial charge in [0.05, 0.1) is 11.3 Å². The number of amides is 1. The minimum Gasteiger partial charge on any atom is -0.350 e. The molecule has 1 fully saturated rings. The number of aromatic nitrogens is 1. The molecule has 0 atom stereocenters. The molecule has 0 bridgehead atoms. The lowest BCUT2D eigenvalue weighted by molar-refractivity contribution is 0.0699. The van der Waals surface area contributed by atoms with Gasteiger partial charge in [-0.25, -0.2) is 8.42 Å². The number of hydrogen-bond donors (Lipinski definition) is 0. The van der Waals surface area contributed by atoms with Crippen molar-refractivity contribution < 1.29 is 13.2 Å². The second-order valence-electron chi connectivity index (χ2n) is 6.18. The van der Waals surface area contributed by atoms with Crippen molar-refractivity contribution in [3.63, 3.8) is 0 Å². The predicted octanol–water partition coefficient (Wildman–Crippen LogP) is 1.68. The summed E-state index contributed by atoms with van der Waals surface area (Å²) in [6.45, 7) is 3.48. The average Bonchev–Trinajstić information content (AvgIpc) is 2.92. The summed E-state index contributed by atoms with van der Waals surface area (Å²) in [6.07, 6.45) is 2.46. The zero-order valence-electron chi connectivity index (χ0n) is 14.1. The maximum Gasteiger partial charge on any atom is 0.256 e. The Labute approximate surface area is 142 Å². The van der Waals surface area contributed by atoms with Crippen LogP contribution in [0.1, 0.15) is 23.7 Å². The number of carbonyl (C=O) groups is 1. The first-order valence-electron chi connectivity index (χ1n) is 8.25. The third-order valence-electron chi connectivity index (χ3n) is 4.51. The summed E-state index contributed by atoms with van der Waals surface area (Å²) in [6, 6.07) is 7.81. The average molecular weight is 349 g/mol. The van der Waals surface area contributed by atoms with E-state index in [2.05, 4.69) is 0 Å². The Balaban J connectivity index is 1.76. The number of hydrogen-bond acceptors (Lipinski definition) is 3. The van der Waals surface area contributed by atoms with Gasteiger partial charge >= 0.3 is 0 Å². The molecular formula is C17H23N3O3S. The molecule has 0 aliphatic carbocycles. The molecule has 2 heterocycles. The fourth-order valence-corrected chi connectivity index (χ4v) is 4.73. The summed E-state index contributed by atoms with van der Waals surface area (Å²) in [5.74, 6) is 0.143. The van der Waals surface area contributed by atoms with Crippen molar-refractivity contribution in [2.45, 2.75) is 13.3 Å². The van der Waals surface area contributed by atoms with Crippen LogP contribution in [-0.2, 0) is 17.1 Å². The van der Waals surface area contributed by atoms with Gasteiger partial charge in [-0.05, 0) is 12.5 Å². The van der Waals surface area contributed by atoms with E-state index in [4.69, 9.17) is 0 Å². The number of fused-ring (bicyclic) bond motifs is 1. The summed E-state index contributed by atoms with van der Waals surface area (Å²) in [5.41, 5.74) is 1.70. The molecule has 0 N–H and O–H groups in total. The minimum atomic E-state index is -3.19. The van der Waals surface area contributed by atoms with Crippen molar-refractivity contribution in [1.82, 2.24) is 13.8 Å². The molecule has 1 aromatic heterocycles. The van der Waals surface area contributed by atoms with Crippen LogP contribution in [0.2, 0.25) is 0 Å². The Morgan fingerprint density at radius 1 is 1.12 bits per heavy atom. The zero-order chi connectivity index (χ0) is 17.3. The first-order valence-corrected chi connectivity index (χ1v) is 9.86. The van der Waals surface area contributed by atoms with Crippen molar-refractivity contribution in [2.75, 3.05) is 31.9 Å². The smallest absolute Gasteiger partial charge is 0.256 e. The van der Waals surface area contributed by atoms with Gasteiger partial charge in [-0.3, -0.25) is 4.79 Å². The molecule has 24 heavy (non-hydrogen) atoms. The van der Waals surface area contributed by atoms with E-state index in [9.17, 15) is 13.2 Å². The molecule has 1 amide bonds. The molecule has 7 heteroatoms. The zero-order valence-corrected chi connectivity index (χ0v) is 14.9. The van der Waals surface area contributed by atoms with Crippen LogP contribution >= 0.6 is 0 Å². The van der Waals surface area contributed by atoms with Gasteiger partial charge in [0.1, 0.15) is 0 Å². The van der Waals surface area contributed by atoms with Gasteiger partial charge in [0.2, 0.25) is 10.0 Å². The number of piperazine rings is 1. The van der Waals surface area contributed by atoms with E-state index in [1.807, 2.05) is 49.0 Å². The molecule has 0 saturated carbocycles. The predicted molar refractivity (Wildman–Crippen MR) is 94.5 cm³/mol. The van der Waals surface area contributed by atoms with E-state index < -0.39 is 10.0 Å². The number of benzene rings is 1. The maximum absolute atomic E-state index is 12.9. The topological polar surface area (TPSA) is 62.6 Å². The van der Waals surface area contributed by atoms with Crippen LogP contribution in [0.15, 0.2) is 30.5 Å². The Morgan fingerprint density at radius 2 is 1.79 bits per heavy atom. The fraction of sp³-hybridized carbons (Fsp3) is 0.471. The SMILES string of the molecule is CCCS(=O)(=O)N1CCN(C(=O)c2cn(C)c3ccccc23)CC1. The Morgan fingerprint density at radius 3 is 2.46 bits per heavy atom. The van der Waals surface area contributed by atoms with Gasteiger partial charge in [0.15, 0.2) is 0 Å². The third-order valence-corrected chi connectivity index (χ3v) is 6.58. The van der Waals surface area contributed by atoms with E-state index >= 15 is 0 Å². The summed E-state index contributed by atoms with van der Waals surface area (Å²) in [4.78, 5) is 14.6. The Kier molecular flexibility index (Phi) is 4.64. The van der Waals surface area contributed by atoms with Crippen LogP contribution < -0.4 is 0 Å². The van der Waals surface area contributed by atoms with Crippen LogP contribution in [0.4, 0.5) is 0 Å². The number of rotatable bonds is 4. The Hall–Kier alpha value is -1.86. The van der Waals surface area contributed by atoms with E-state index in [-0.39, 0.29) is 11.7 Å². The molecular weight excluding hydrogens is 326 g/mol.